The van der Waals surface area contributed by atoms with Gasteiger partial charge in [-0.2, -0.15) is 0 Å². The van der Waals surface area contributed by atoms with Crippen molar-refractivity contribution in [2.75, 3.05) is 13.1 Å². The largest absolute Gasteiger partial charge is 0.573 e. The minimum Gasteiger partial charge on any atom is -0.405 e. The highest BCUT2D eigenvalue weighted by Gasteiger charge is 2.46. The van der Waals surface area contributed by atoms with Gasteiger partial charge in [-0.15, -0.1) is 13.2 Å². The van der Waals surface area contributed by atoms with Gasteiger partial charge in [0.15, 0.2) is 0 Å². The fraction of sp³-hybridized carbons (Fsp3) is 0.381. The Kier molecular flexibility index (Phi) is 4.79. The van der Waals surface area contributed by atoms with Crippen molar-refractivity contribution in [1.29, 1.82) is 0 Å². The number of hydrogen-bond acceptors (Lipinski definition) is 3. The Morgan fingerprint density at radius 2 is 1.79 bits per heavy atom. The summed E-state index contributed by atoms with van der Waals surface area (Å²) in [5.74, 6) is -0.169. The summed E-state index contributed by atoms with van der Waals surface area (Å²) in [7, 11) is 0. The first kappa shape index (κ1) is 18.8. The van der Waals surface area contributed by atoms with Gasteiger partial charge in [0, 0.05) is 25.2 Å². The molecule has 148 valence electrons. The number of alkyl halides is 3. The zero-order chi connectivity index (χ0) is 19.8. The summed E-state index contributed by atoms with van der Waals surface area (Å²) in [5.41, 5.74) is 2.19. The summed E-state index contributed by atoms with van der Waals surface area (Å²) >= 11 is 0. The van der Waals surface area contributed by atoms with Gasteiger partial charge in [-0.25, -0.2) is 0 Å². The van der Waals surface area contributed by atoms with Crippen molar-refractivity contribution in [3.8, 4) is 5.75 Å². The molecule has 2 aliphatic heterocycles. The van der Waals surface area contributed by atoms with Crippen molar-refractivity contribution < 1.29 is 22.7 Å². The van der Waals surface area contributed by atoms with Crippen molar-refractivity contribution in [2.24, 2.45) is 5.41 Å². The minimum absolute atomic E-state index is 0.0195. The smallest absolute Gasteiger partial charge is 0.405 e. The van der Waals surface area contributed by atoms with E-state index in [1.165, 1.54) is 12.1 Å². The number of rotatable bonds is 3. The Balaban J connectivity index is 1.53. The molecule has 0 aliphatic carbocycles. The molecule has 1 spiro atoms. The number of fused-ring (bicyclic) bond motifs is 1. The number of benzene rings is 2. The zero-order valence-electron chi connectivity index (χ0n) is 15.3. The molecule has 2 aliphatic rings. The third kappa shape index (κ3) is 3.85. The maximum absolute atomic E-state index is 12.8. The van der Waals surface area contributed by atoms with E-state index < -0.39 is 11.8 Å². The fourth-order valence-corrected chi connectivity index (χ4v) is 4.23. The molecule has 1 saturated heterocycles. The lowest BCUT2D eigenvalue weighted by atomic mass is 9.80. The molecule has 2 heterocycles. The van der Waals surface area contributed by atoms with E-state index in [1.807, 2.05) is 29.2 Å². The van der Waals surface area contributed by atoms with E-state index in [9.17, 15) is 18.0 Å². The van der Waals surface area contributed by atoms with Crippen LogP contribution >= 0.6 is 0 Å². The van der Waals surface area contributed by atoms with Crippen LogP contribution in [0.2, 0.25) is 0 Å². The number of hydrogen-bond donors (Lipinski definition) is 1. The lowest BCUT2D eigenvalue weighted by Gasteiger charge is -2.27. The van der Waals surface area contributed by atoms with Crippen molar-refractivity contribution in [3.63, 3.8) is 0 Å². The number of nitrogens with one attached hydrogen (secondary N) is 1. The second-order valence-electron chi connectivity index (χ2n) is 7.52. The predicted molar refractivity (Wildman–Crippen MR) is 97.4 cm³/mol. The molecule has 0 aromatic heterocycles. The molecule has 4 rings (SSSR count). The van der Waals surface area contributed by atoms with Gasteiger partial charge in [-0.1, -0.05) is 42.5 Å². The molecular formula is C21H21F3N2O2. The van der Waals surface area contributed by atoms with Crippen LogP contribution in [0.15, 0.2) is 48.5 Å². The molecule has 0 saturated carbocycles. The predicted octanol–water partition coefficient (Wildman–Crippen LogP) is 3.65. The molecule has 1 amide bonds. The van der Waals surface area contributed by atoms with E-state index in [1.54, 1.807) is 12.1 Å². The van der Waals surface area contributed by atoms with Crippen molar-refractivity contribution in [2.45, 2.75) is 32.3 Å². The van der Waals surface area contributed by atoms with E-state index in [0.717, 1.165) is 11.1 Å². The van der Waals surface area contributed by atoms with Crippen LogP contribution < -0.4 is 10.1 Å². The molecule has 1 atom stereocenters. The summed E-state index contributed by atoms with van der Waals surface area (Å²) in [6, 6.07) is 14.2. The van der Waals surface area contributed by atoms with Gasteiger partial charge >= 0.3 is 6.36 Å². The summed E-state index contributed by atoms with van der Waals surface area (Å²) in [6.45, 7) is 1.98. The minimum atomic E-state index is -4.73. The lowest BCUT2D eigenvalue weighted by molar-refractivity contribution is -0.275. The number of amides is 1. The summed E-state index contributed by atoms with van der Waals surface area (Å²) in [5, 5.41) is 3.02. The van der Waals surface area contributed by atoms with Crippen LogP contribution in [-0.2, 0) is 24.3 Å². The average Bonchev–Trinajstić information content (AvgIpc) is 2.99. The van der Waals surface area contributed by atoms with E-state index in [0.29, 0.717) is 44.6 Å². The van der Waals surface area contributed by atoms with Gasteiger partial charge in [0.05, 0.1) is 5.41 Å². The topological polar surface area (TPSA) is 41.6 Å². The highest BCUT2D eigenvalue weighted by atomic mass is 19.4. The molecular weight excluding hydrogens is 369 g/mol. The van der Waals surface area contributed by atoms with Gasteiger partial charge in [0.25, 0.3) is 0 Å². The van der Waals surface area contributed by atoms with Crippen LogP contribution in [0.25, 0.3) is 0 Å². The number of likely N-dealkylation sites (tertiary alicyclic amines) is 1. The normalized spacial score (nSPS) is 22.6. The van der Waals surface area contributed by atoms with E-state index in [4.69, 9.17) is 0 Å². The van der Waals surface area contributed by atoms with Gasteiger partial charge in [-0.3, -0.25) is 9.69 Å². The Bertz CT molecular complexity index is 884. The summed E-state index contributed by atoms with van der Waals surface area (Å²) < 4.78 is 42.2. The Hall–Kier alpha value is -2.54. The molecule has 1 fully saturated rings. The standard InChI is InChI=1S/C21H21F3N2O2/c22-21(23,24)28-18-8-4-3-7-17(18)13-26-10-9-20(14-26)11-15-5-1-2-6-16(15)12-25-19(20)27/h1-8H,9-14H2,(H,25,27). The number of halogens is 3. The first-order valence-corrected chi connectivity index (χ1v) is 9.26. The molecule has 2 aromatic carbocycles. The Morgan fingerprint density at radius 3 is 2.57 bits per heavy atom. The molecule has 1 unspecified atom stereocenters. The van der Waals surface area contributed by atoms with E-state index >= 15 is 0 Å². The number of carbonyl (C=O) groups is 1. The third-order valence-electron chi connectivity index (χ3n) is 5.59. The number of carbonyl (C=O) groups excluding carboxylic acids is 1. The summed E-state index contributed by atoms with van der Waals surface area (Å²) in [6.07, 6.45) is -3.41. The van der Waals surface area contributed by atoms with Gasteiger partial charge in [0.2, 0.25) is 5.91 Å². The first-order valence-electron chi connectivity index (χ1n) is 9.26. The van der Waals surface area contributed by atoms with Crippen LogP contribution in [0.3, 0.4) is 0 Å². The molecule has 28 heavy (non-hydrogen) atoms. The monoisotopic (exact) mass is 390 g/mol. The molecule has 0 radical (unpaired) electrons. The second-order valence-corrected chi connectivity index (χ2v) is 7.52. The van der Waals surface area contributed by atoms with Gasteiger partial charge < -0.3 is 10.1 Å². The number of para-hydroxylation sites is 1. The molecule has 7 heteroatoms. The second kappa shape index (κ2) is 7.13. The van der Waals surface area contributed by atoms with Crippen molar-refractivity contribution in [3.05, 3.63) is 65.2 Å². The Morgan fingerprint density at radius 1 is 1.07 bits per heavy atom. The summed E-state index contributed by atoms with van der Waals surface area (Å²) in [4.78, 5) is 14.9. The quantitative estimate of drug-likeness (QED) is 0.870. The van der Waals surface area contributed by atoms with Crippen LogP contribution in [0.4, 0.5) is 13.2 Å². The highest BCUT2D eigenvalue weighted by molar-refractivity contribution is 5.84. The lowest BCUT2D eigenvalue weighted by Crippen LogP contribution is -2.42. The maximum Gasteiger partial charge on any atom is 0.573 e. The molecule has 0 bridgehead atoms. The number of ether oxygens (including phenoxy) is 1. The highest BCUT2D eigenvalue weighted by Crippen LogP contribution is 2.38. The first-order chi connectivity index (χ1) is 13.3. The van der Waals surface area contributed by atoms with Crippen LogP contribution in [0.1, 0.15) is 23.1 Å². The van der Waals surface area contributed by atoms with Crippen LogP contribution in [0, 0.1) is 5.41 Å². The van der Waals surface area contributed by atoms with E-state index in [2.05, 4.69) is 10.1 Å². The molecule has 1 N–H and O–H groups in total. The average molecular weight is 390 g/mol. The SMILES string of the molecule is O=C1NCc2ccccc2CC12CCN(Cc1ccccc1OC(F)(F)F)C2. The zero-order valence-corrected chi connectivity index (χ0v) is 15.3. The third-order valence-corrected chi connectivity index (χ3v) is 5.59. The fourth-order valence-electron chi connectivity index (χ4n) is 4.23. The van der Waals surface area contributed by atoms with Crippen molar-refractivity contribution in [1.82, 2.24) is 10.2 Å². The molecule has 2 aromatic rings. The van der Waals surface area contributed by atoms with Crippen LogP contribution in [0.5, 0.6) is 5.75 Å². The molecule has 4 nitrogen and oxygen atoms in total. The van der Waals surface area contributed by atoms with Crippen LogP contribution in [-0.4, -0.2) is 30.3 Å². The number of nitrogens with zero attached hydrogens (tertiary/aromatic N) is 1. The van der Waals surface area contributed by atoms with Gasteiger partial charge in [0.1, 0.15) is 5.75 Å². The van der Waals surface area contributed by atoms with E-state index in [-0.39, 0.29) is 11.7 Å². The Labute approximate surface area is 161 Å². The maximum atomic E-state index is 12.8. The van der Waals surface area contributed by atoms with Gasteiger partial charge in [-0.05, 0) is 36.6 Å². The van der Waals surface area contributed by atoms with Crippen molar-refractivity contribution >= 4 is 5.91 Å².